The summed E-state index contributed by atoms with van der Waals surface area (Å²) in [5.74, 6) is 0. The van der Waals surface area contributed by atoms with Crippen LogP contribution in [0.15, 0.2) is 21.5 Å². The fraction of sp³-hybridized carbons (Fsp3) is 0.444. The maximum absolute atomic E-state index is 11.6. The fourth-order valence-electron chi connectivity index (χ4n) is 1.27. The van der Waals surface area contributed by atoms with Gasteiger partial charge in [-0.15, -0.1) is 0 Å². The Labute approximate surface area is 84.5 Å². The largest absolute Gasteiger partial charge is 0.371 e. The van der Waals surface area contributed by atoms with Crippen LogP contribution in [0, 0.1) is 6.92 Å². The first-order valence-corrected chi connectivity index (χ1v) is 4.94. The highest BCUT2D eigenvalue weighted by molar-refractivity contribution is 9.10. The Morgan fingerprint density at radius 1 is 1.77 bits per heavy atom. The molecule has 0 spiro atoms. The van der Waals surface area contributed by atoms with Gasteiger partial charge in [0.05, 0.1) is 19.3 Å². The van der Waals surface area contributed by atoms with E-state index in [1.54, 1.807) is 10.8 Å². The first kappa shape index (κ1) is 8.97. The van der Waals surface area contributed by atoms with Gasteiger partial charge in [-0.3, -0.25) is 4.79 Å². The molecule has 1 aliphatic heterocycles. The van der Waals surface area contributed by atoms with Crippen molar-refractivity contribution in [1.82, 2.24) is 4.57 Å². The van der Waals surface area contributed by atoms with Crippen LogP contribution in [0.3, 0.4) is 0 Å². The third kappa shape index (κ3) is 2.00. The summed E-state index contributed by atoms with van der Waals surface area (Å²) in [5.41, 5.74) is 0.828. The number of rotatable bonds is 2. The minimum absolute atomic E-state index is 0.0682. The molecule has 3 nitrogen and oxygen atoms in total. The molecule has 70 valence electrons. The summed E-state index contributed by atoms with van der Waals surface area (Å²) in [5, 5.41) is 0. The number of hydrogen-bond donors (Lipinski definition) is 0. The first-order chi connectivity index (χ1) is 6.16. The molecular formula is C9H10BrNO2. The molecule has 1 aromatic rings. The van der Waals surface area contributed by atoms with Gasteiger partial charge in [-0.1, -0.05) is 0 Å². The second-order valence-electron chi connectivity index (χ2n) is 3.25. The molecular weight excluding hydrogens is 234 g/mol. The van der Waals surface area contributed by atoms with Gasteiger partial charge in [0.1, 0.15) is 0 Å². The summed E-state index contributed by atoms with van der Waals surface area (Å²) in [6, 6.07) is 1.83. The molecule has 13 heavy (non-hydrogen) atoms. The van der Waals surface area contributed by atoms with Crippen molar-refractivity contribution in [2.75, 3.05) is 6.61 Å². The molecule has 0 aliphatic carbocycles. The third-order valence-corrected chi connectivity index (χ3v) is 2.47. The number of pyridine rings is 1. The van der Waals surface area contributed by atoms with E-state index in [1.807, 2.05) is 13.0 Å². The van der Waals surface area contributed by atoms with Gasteiger partial charge < -0.3 is 9.30 Å². The normalized spacial score (nSPS) is 20.3. The van der Waals surface area contributed by atoms with Gasteiger partial charge in [-0.05, 0) is 28.9 Å². The summed E-state index contributed by atoms with van der Waals surface area (Å²) in [6.45, 7) is 3.26. The Morgan fingerprint density at radius 2 is 2.46 bits per heavy atom. The van der Waals surface area contributed by atoms with Crippen LogP contribution in [0.1, 0.15) is 5.56 Å². The Hall–Kier alpha value is -0.610. The standard InChI is InChI=1S/C9H10BrNO2/c1-6-2-7(10)3-11(9(6)12)4-8-5-13-8/h2-3,8H,4-5H2,1H3. The van der Waals surface area contributed by atoms with Crippen molar-refractivity contribution in [2.24, 2.45) is 0 Å². The summed E-state index contributed by atoms with van der Waals surface area (Å²) >= 11 is 3.36. The molecule has 1 atom stereocenters. The Kier molecular flexibility index (Phi) is 2.26. The zero-order chi connectivity index (χ0) is 9.42. The highest BCUT2D eigenvalue weighted by Crippen LogP contribution is 2.13. The molecule has 1 saturated heterocycles. The van der Waals surface area contributed by atoms with Gasteiger partial charge in [0.2, 0.25) is 0 Å². The predicted molar refractivity (Wildman–Crippen MR) is 52.9 cm³/mol. The van der Waals surface area contributed by atoms with Gasteiger partial charge in [0.25, 0.3) is 5.56 Å². The Bertz CT molecular complexity index is 382. The molecule has 1 aliphatic rings. The van der Waals surface area contributed by atoms with Gasteiger partial charge in [-0.25, -0.2) is 0 Å². The van der Waals surface area contributed by atoms with Crippen molar-refractivity contribution in [1.29, 1.82) is 0 Å². The van der Waals surface area contributed by atoms with E-state index < -0.39 is 0 Å². The van der Waals surface area contributed by atoms with Crippen molar-refractivity contribution in [2.45, 2.75) is 19.6 Å². The van der Waals surface area contributed by atoms with E-state index in [0.29, 0.717) is 6.54 Å². The maximum atomic E-state index is 11.6. The third-order valence-electron chi connectivity index (χ3n) is 2.03. The molecule has 2 rings (SSSR count). The number of nitrogens with zero attached hydrogens (tertiary/aromatic N) is 1. The molecule has 0 amide bonds. The van der Waals surface area contributed by atoms with E-state index in [1.165, 1.54) is 0 Å². The second kappa shape index (κ2) is 3.27. The molecule has 2 heterocycles. The van der Waals surface area contributed by atoms with Crippen LogP contribution in [-0.2, 0) is 11.3 Å². The highest BCUT2D eigenvalue weighted by Gasteiger charge is 2.23. The van der Waals surface area contributed by atoms with Crippen molar-refractivity contribution >= 4 is 15.9 Å². The van der Waals surface area contributed by atoms with Gasteiger partial charge in [0.15, 0.2) is 0 Å². The lowest BCUT2D eigenvalue weighted by Gasteiger charge is -2.04. The first-order valence-electron chi connectivity index (χ1n) is 4.15. The van der Waals surface area contributed by atoms with E-state index >= 15 is 0 Å². The molecule has 0 saturated carbocycles. The number of hydrogen-bond acceptors (Lipinski definition) is 2. The SMILES string of the molecule is Cc1cc(Br)cn(CC2CO2)c1=O. The van der Waals surface area contributed by atoms with Gasteiger partial charge in [-0.2, -0.15) is 0 Å². The van der Waals surface area contributed by atoms with Crippen LogP contribution in [0.2, 0.25) is 0 Å². The fourth-order valence-corrected chi connectivity index (χ4v) is 1.86. The minimum atomic E-state index is 0.0682. The maximum Gasteiger partial charge on any atom is 0.253 e. The van der Waals surface area contributed by atoms with E-state index in [-0.39, 0.29) is 11.7 Å². The summed E-state index contributed by atoms with van der Waals surface area (Å²) < 4.78 is 7.70. The molecule has 4 heteroatoms. The van der Waals surface area contributed by atoms with Gasteiger partial charge in [0, 0.05) is 16.2 Å². The minimum Gasteiger partial charge on any atom is -0.371 e. The Morgan fingerprint density at radius 3 is 3.08 bits per heavy atom. The molecule has 0 radical (unpaired) electrons. The topological polar surface area (TPSA) is 34.5 Å². The lowest BCUT2D eigenvalue weighted by molar-refractivity contribution is 0.380. The van der Waals surface area contributed by atoms with Gasteiger partial charge >= 0.3 is 0 Å². The average Bonchev–Trinajstić information content (AvgIpc) is 2.83. The second-order valence-corrected chi connectivity index (χ2v) is 4.17. The van der Waals surface area contributed by atoms with Crippen LogP contribution >= 0.6 is 15.9 Å². The van der Waals surface area contributed by atoms with Crippen LogP contribution in [0.5, 0.6) is 0 Å². The van der Waals surface area contributed by atoms with Crippen LogP contribution < -0.4 is 5.56 Å². The van der Waals surface area contributed by atoms with E-state index in [9.17, 15) is 4.79 Å². The molecule has 1 fully saturated rings. The van der Waals surface area contributed by atoms with Crippen LogP contribution in [-0.4, -0.2) is 17.3 Å². The number of halogens is 1. The summed E-state index contributed by atoms with van der Waals surface area (Å²) in [4.78, 5) is 11.6. The van der Waals surface area contributed by atoms with E-state index in [4.69, 9.17) is 4.74 Å². The smallest absolute Gasteiger partial charge is 0.253 e. The number of ether oxygens (including phenoxy) is 1. The number of epoxide rings is 1. The van der Waals surface area contributed by atoms with E-state index in [2.05, 4.69) is 15.9 Å². The van der Waals surface area contributed by atoms with Crippen molar-refractivity contribution in [3.63, 3.8) is 0 Å². The summed E-state index contributed by atoms with van der Waals surface area (Å²) in [6.07, 6.45) is 2.04. The molecule has 1 unspecified atom stereocenters. The summed E-state index contributed by atoms with van der Waals surface area (Å²) in [7, 11) is 0. The zero-order valence-corrected chi connectivity index (χ0v) is 8.87. The molecule has 0 N–H and O–H groups in total. The van der Waals surface area contributed by atoms with E-state index in [0.717, 1.165) is 16.6 Å². The molecule has 0 bridgehead atoms. The van der Waals surface area contributed by atoms with Crippen molar-refractivity contribution < 1.29 is 4.74 Å². The van der Waals surface area contributed by atoms with Crippen LogP contribution in [0.25, 0.3) is 0 Å². The molecule has 1 aromatic heterocycles. The van der Waals surface area contributed by atoms with Crippen LogP contribution in [0.4, 0.5) is 0 Å². The quantitative estimate of drug-likeness (QED) is 0.735. The lowest BCUT2D eigenvalue weighted by atomic mass is 10.3. The average molecular weight is 244 g/mol. The highest BCUT2D eigenvalue weighted by atomic mass is 79.9. The zero-order valence-electron chi connectivity index (χ0n) is 7.29. The Balaban J connectivity index is 2.36. The van der Waals surface area contributed by atoms with Crippen molar-refractivity contribution in [3.05, 3.63) is 32.7 Å². The lowest BCUT2D eigenvalue weighted by Crippen LogP contribution is -2.23. The predicted octanol–water partition coefficient (Wildman–Crippen LogP) is 1.32. The number of aromatic nitrogens is 1. The number of aryl methyl sites for hydroxylation is 1. The van der Waals surface area contributed by atoms with Crippen molar-refractivity contribution in [3.8, 4) is 0 Å². The monoisotopic (exact) mass is 243 g/mol. The molecule has 0 aromatic carbocycles.